The number of hydrogen-bond acceptors (Lipinski definition) is 8. The number of benzene rings is 1. The van der Waals surface area contributed by atoms with Gasteiger partial charge < -0.3 is 4.98 Å². The Hall–Kier alpha value is -2.56. The number of aryl methyl sites for hydroxylation is 1. The van der Waals surface area contributed by atoms with Crippen molar-refractivity contribution >= 4 is 55.7 Å². The van der Waals surface area contributed by atoms with Crippen LogP contribution in [0, 0.1) is 6.92 Å². The third kappa shape index (κ3) is 3.92. The Kier molecular flexibility index (Phi) is 5.01. The van der Waals surface area contributed by atoms with Gasteiger partial charge in [0.15, 0.2) is 5.16 Å². The smallest absolute Gasteiger partial charge is 0.260 e. The monoisotopic (exact) mass is 415 g/mol. The Morgan fingerprint density at radius 1 is 1.26 bits per heavy atom. The highest BCUT2D eigenvalue weighted by atomic mass is 32.2. The van der Waals surface area contributed by atoms with Gasteiger partial charge in [-0.3, -0.25) is 14.9 Å². The molecule has 0 saturated carbocycles. The van der Waals surface area contributed by atoms with Crippen LogP contribution in [0.3, 0.4) is 0 Å². The van der Waals surface area contributed by atoms with Crippen LogP contribution in [0.4, 0.5) is 5.13 Å². The number of carbonyl (C=O) groups excluding carboxylic acids is 1. The van der Waals surface area contributed by atoms with E-state index in [1.807, 2.05) is 42.6 Å². The first-order valence-corrected chi connectivity index (χ1v) is 10.6. The summed E-state index contributed by atoms with van der Waals surface area (Å²) in [7, 11) is 0. The summed E-state index contributed by atoms with van der Waals surface area (Å²) in [4.78, 5) is 32.5. The lowest BCUT2D eigenvalue weighted by molar-refractivity contribution is -0.113. The third-order valence-corrected chi connectivity index (χ3v) is 6.12. The fourth-order valence-electron chi connectivity index (χ4n) is 2.46. The van der Waals surface area contributed by atoms with E-state index in [1.54, 1.807) is 0 Å². The summed E-state index contributed by atoms with van der Waals surface area (Å²) in [6.07, 6.45) is 0. The predicted molar refractivity (Wildman–Crippen MR) is 110 cm³/mol. The van der Waals surface area contributed by atoms with Crippen molar-refractivity contribution in [1.29, 1.82) is 0 Å². The molecule has 7 nitrogen and oxygen atoms in total. The van der Waals surface area contributed by atoms with Gasteiger partial charge in [0.25, 0.3) is 5.56 Å². The van der Waals surface area contributed by atoms with Crippen LogP contribution in [0.1, 0.15) is 5.01 Å². The zero-order valence-corrected chi connectivity index (χ0v) is 16.5. The Morgan fingerprint density at radius 3 is 2.81 bits per heavy atom. The van der Waals surface area contributed by atoms with Crippen LogP contribution in [0.15, 0.2) is 45.7 Å². The van der Waals surface area contributed by atoms with E-state index in [0.717, 1.165) is 16.1 Å². The molecule has 10 heteroatoms. The van der Waals surface area contributed by atoms with E-state index in [-0.39, 0.29) is 17.2 Å². The fraction of sp³-hybridized carbons (Fsp3) is 0.118. The molecule has 0 aliphatic rings. The standard InChI is InChI=1S/C17H13N5O2S3/c1-9-21-22-17(27-9)18-12(23)8-26-16-19-14(24)13-11(7-25-15(13)20-16)10-5-3-2-4-6-10/h2-7H,8H2,1H3,(H,18,22,23)(H,19,20,24). The highest BCUT2D eigenvalue weighted by Crippen LogP contribution is 2.31. The zero-order chi connectivity index (χ0) is 18.8. The second-order valence-corrected chi connectivity index (χ2v) is 8.53. The summed E-state index contributed by atoms with van der Waals surface area (Å²) in [5.74, 6) is -0.112. The summed E-state index contributed by atoms with van der Waals surface area (Å²) in [5.41, 5.74) is 1.64. The van der Waals surface area contributed by atoms with Crippen molar-refractivity contribution in [2.75, 3.05) is 11.1 Å². The second-order valence-electron chi connectivity index (χ2n) is 5.53. The number of nitrogens with zero attached hydrogens (tertiary/aromatic N) is 3. The van der Waals surface area contributed by atoms with Gasteiger partial charge in [0.05, 0.1) is 11.1 Å². The molecule has 0 unspecified atom stereocenters. The van der Waals surface area contributed by atoms with E-state index in [4.69, 9.17) is 0 Å². The summed E-state index contributed by atoms with van der Waals surface area (Å²) >= 11 is 3.90. The van der Waals surface area contributed by atoms with Gasteiger partial charge in [-0.05, 0) is 12.5 Å². The van der Waals surface area contributed by atoms with Gasteiger partial charge in [-0.1, -0.05) is 53.4 Å². The Bertz CT molecular complexity index is 1170. The van der Waals surface area contributed by atoms with Crippen LogP contribution in [0.2, 0.25) is 0 Å². The van der Waals surface area contributed by atoms with Crippen LogP contribution < -0.4 is 10.9 Å². The highest BCUT2D eigenvalue weighted by molar-refractivity contribution is 7.99. The van der Waals surface area contributed by atoms with Gasteiger partial charge in [-0.25, -0.2) is 4.98 Å². The van der Waals surface area contributed by atoms with Crippen molar-refractivity contribution in [3.8, 4) is 11.1 Å². The lowest BCUT2D eigenvalue weighted by atomic mass is 10.1. The molecule has 4 rings (SSSR count). The number of thioether (sulfide) groups is 1. The minimum Gasteiger partial charge on any atom is -0.301 e. The summed E-state index contributed by atoms with van der Waals surface area (Å²) in [5, 5.41) is 14.5. The maximum absolute atomic E-state index is 12.6. The molecule has 3 aromatic heterocycles. The van der Waals surface area contributed by atoms with Crippen molar-refractivity contribution in [2.24, 2.45) is 0 Å². The van der Waals surface area contributed by atoms with Crippen LogP contribution in [0.5, 0.6) is 0 Å². The summed E-state index contributed by atoms with van der Waals surface area (Å²) in [6, 6.07) is 9.72. The molecule has 4 aromatic rings. The second kappa shape index (κ2) is 7.59. The molecule has 2 N–H and O–H groups in total. The van der Waals surface area contributed by atoms with Gasteiger partial charge in [0.2, 0.25) is 11.0 Å². The lowest BCUT2D eigenvalue weighted by Gasteiger charge is -2.02. The molecule has 0 aliphatic carbocycles. The van der Waals surface area contributed by atoms with Crippen molar-refractivity contribution in [3.05, 3.63) is 51.1 Å². The fourth-order valence-corrected chi connectivity index (χ4v) is 4.74. The van der Waals surface area contributed by atoms with Gasteiger partial charge in [0, 0.05) is 10.9 Å². The molecule has 0 atom stereocenters. The lowest BCUT2D eigenvalue weighted by Crippen LogP contribution is -2.15. The normalized spacial score (nSPS) is 11.0. The van der Waals surface area contributed by atoms with Crippen molar-refractivity contribution in [2.45, 2.75) is 12.1 Å². The van der Waals surface area contributed by atoms with Crippen LogP contribution in [0.25, 0.3) is 21.3 Å². The minimum atomic E-state index is -0.227. The number of aromatic nitrogens is 4. The van der Waals surface area contributed by atoms with Gasteiger partial charge in [-0.2, -0.15) is 0 Å². The SMILES string of the molecule is Cc1nnc(NC(=O)CSc2nc3scc(-c4ccccc4)c3c(=O)[nH]2)s1. The van der Waals surface area contributed by atoms with E-state index in [0.29, 0.717) is 20.5 Å². The molecule has 0 radical (unpaired) electrons. The molecule has 0 aliphatic heterocycles. The third-order valence-electron chi connectivity index (χ3n) is 3.62. The molecule has 136 valence electrons. The quantitative estimate of drug-likeness (QED) is 0.382. The molecule has 3 heterocycles. The molecule has 0 spiro atoms. The van der Waals surface area contributed by atoms with Crippen molar-refractivity contribution < 1.29 is 4.79 Å². The van der Waals surface area contributed by atoms with Gasteiger partial charge in [0.1, 0.15) is 9.84 Å². The summed E-state index contributed by atoms with van der Waals surface area (Å²) < 4.78 is 0. The average molecular weight is 416 g/mol. The molecule has 0 saturated heterocycles. The first kappa shape index (κ1) is 17.8. The van der Waals surface area contributed by atoms with Crippen molar-refractivity contribution in [3.63, 3.8) is 0 Å². The number of fused-ring (bicyclic) bond motifs is 1. The van der Waals surface area contributed by atoms with Crippen LogP contribution >= 0.6 is 34.4 Å². The molecule has 0 bridgehead atoms. The molecular weight excluding hydrogens is 402 g/mol. The Morgan fingerprint density at radius 2 is 2.07 bits per heavy atom. The molecular formula is C17H13N5O2S3. The number of aromatic amines is 1. The first-order chi connectivity index (χ1) is 13.1. The van der Waals surface area contributed by atoms with E-state index in [2.05, 4.69) is 25.5 Å². The number of carbonyl (C=O) groups is 1. The maximum atomic E-state index is 12.6. The number of H-pyrrole nitrogens is 1. The molecule has 1 amide bonds. The minimum absolute atomic E-state index is 0.115. The van der Waals surface area contributed by atoms with Gasteiger partial charge >= 0.3 is 0 Å². The summed E-state index contributed by atoms with van der Waals surface area (Å²) in [6.45, 7) is 1.82. The largest absolute Gasteiger partial charge is 0.301 e. The van der Waals surface area contributed by atoms with Crippen LogP contribution in [-0.2, 0) is 4.79 Å². The number of rotatable bonds is 5. The predicted octanol–water partition coefficient (Wildman–Crippen LogP) is 3.54. The topological polar surface area (TPSA) is 101 Å². The highest BCUT2D eigenvalue weighted by Gasteiger charge is 2.14. The van der Waals surface area contributed by atoms with Gasteiger partial charge in [-0.15, -0.1) is 21.5 Å². The van der Waals surface area contributed by atoms with E-state index in [1.165, 1.54) is 34.4 Å². The number of thiophene rings is 1. The number of hydrogen-bond donors (Lipinski definition) is 2. The van der Waals surface area contributed by atoms with Crippen LogP contribution in [-0.4, -0.2) is 31.8 Å². The van der Waals surface area contributed by atoms with E-state index >= 15 is 0 Å². The zero-order valence-electron chi connectivity index (χ0n) is 14.1. The number of anilines is 1. The maximum Gasteiger partial charge on any atom is 0.260 e. The molecule has 27 heavy (non-hydrogen) atoms. The Labute approximate surface area is 165 Å². The first-order valence-electron chi connectivity index (χ1n) is 7.90. The van der Waals surface area contributed by atoms with E-state index < -0.39 is 0 Å². The molecule has 0 fully saturated rings. The number of nitrogens with one attached hydrogen (secondary N) is 2. The Balaban J connectivity index is 1.52. The average Bonchev–Trinajstić information content (AvgIpc) is 3.27. The number of amides is 1. The van der Waals surface area contributed by atoms with E-state index in [9.17, 15) is 9.59 Å². The molecule has 1 aromatic carbocycles. The van der Waals surface area contributed by atoms with Crippen molar-refractivity contribution in [1.82, 2.24) is 20.2 Å².